The van der Waals surface area contributed by atoms with Gasteiger partial charge in [-0.15, -0.1) is 6.58 Å². The monoisotopic (exact) mass is 222 g/mol. The smallest absolute Gasteiger partial charge is 0.0436 e. The van der Waals surface area contributed by atoms with Crippen LogP contribution in [0.5, 0.6) is 0 Å². The van der Waals surface area contributed by atoms with Crippen LogP contribution in [-0.2, 0) is 0 Å². The van der Waals surface area contributed by atoms with E-state index in [1.807, 2.05) is 0 Å². The van der Waals surface area contributed by atoms with Crippen molar-refractivity contribution in [1.82, 2.24) is 0 Å². The van der Waals surface area contributed by atoms with Crippen molar-refractivity contribution in [2.45, 2.75) is 52.4 Å². The predicted octanol–water partition coefficient (Wildman–Crippen LogP) is 4.09. The first-order valence-corrected chi connectivity index (χ1v) is 6.42. The summed E-state index contributed by atoms with van der Waals surface area (Å²) in [5, 5.41) is 9.23. The summed E-state index contributed by atoms with van der Waals surface area (Å²) in [6.45, 7) is 12.6. The van der Waals surface area contributed by atoms with E-state index >= 15 is 0 Å². The molecule has 0 saturated heterocycles. The van der Waals surface area contributed by atoms with E-state index in [0.717, 1.165) is 12.8 Å². The van der Waals surface area contributed by atoms with Crippen molar-refractivity contribution in [2.24, 2.45) is 11.3 Å². The Hall–Kier alpha value is -0.560. The Balaban J connectivity index is 2.52. The summed E-state index contributed by atoms with van der Waals surface area (Å²) >= 11 is 0. The van der Waals surface area contributed by atoms with Crippen LogP contribution in [0.2, 0.25) is 0 Å². The molecule has 0 aromatic carbocycles. The van der Waals surface area contributed by atoms with E-state index in [1.54, 1.807) is 0 Å². The molecule has 0 spiro atoms. The maximum Gasteiger partial charge on any atom is 0.0436 e. The molecule has 0 aromatic rings. The maximum atomic E-state index is 9.23. The molecule has 92 valence electrons. The highest BCUT2D eigenvalue weighted by Gasteiger charge is 2.45. The van der Waals surface area contributed by atoms with Crippen molar-refractivity contribution in [3.05, 3.63) is 24.3 Å². The molecule has 1 aliphatic carbocycles. The minimum absolute atomic E-state index is 0.316. The van der Waals surface area contributed by atoms with Crippen LogP contribution < -0.4 is 0 Å². The standard InChI is InChI=1S/C15H26O/c1-12(2)6-5-8-15(10-11-16)9-7-14(15)13(3)4/h14,16H,1,3,5-11H2,2,4H3/t14-,15+/m1/s1. The number of rotatable bonds is 7. The number of hydrogen-bond donors (Lipinski definition) is 1. The van der Waals surface area contributed by atoms with E-state index in [0.29, 0.717) is 17.9 Å². The fourth-order valence-corrected chi connectivity index (χ4v) is 3.15. The normalized spacial score (nSPS) is 28.6. The Kier molecular flexibility index (Phi) is 4.79. The second-order valence-electron chi connectivity index (χ2n) is 5.58. The third-order valence-corrected chi connectivity index (χ3v) is 4.15. The lowest BCUT2D eigenvalue weighted by Gasteiger charge is -2.51. The maximum absolute atomic E-state index is 9.23. The average molecular weight is 222 g/mol. The molecule has 0 heterocycles. The van der Waals surface area contributed by atoms with E-state index in [4.69, 9.17) is 0 Å². The van der Waals surface area contributed by atoms with Crippen molar-refractivity contribution in [3.8, 4) is 0 Å². The summed E-state index contributed by atoms with van der Waals surface area (Å²) in [5.74, 6) is 0.643. The number of hydrogen-bond acceptors (Lipinski definition) is 1. The molecule has 0 amide bonds. The second kappa shape index (κ2) is 5.67. The Morgan fingerprint density at radius 1 is 1.31 bits per heavy atom. The van der Waals surface area contributed by atoms with Crippen LogP contribution in [0.3, 0.4) is 0 Å². The number of aliphatic hydroxyl groups is 1. The molecule has 0 bridgehead atoms. The molecule has 2 atom stereocenters. The summed E-state index contributed by atoms with van der Waals surface area (Å²) < 4.78 is 0. The van der Waals surface area contributed by atoms with Crippen molar-refractivity contribution in [3.63, 3.8) is 0 Å². The van der Waals surface area contributed by atoms with Crippen molar-refractivity contribution in [1.29, 1.82) is 0 Å². The molecule has 1 heteroatoms. The third-order valence-electron chi connectivity index (χ3n) is 4.15. The Bertz CT molecular complexity index is 267. The summed E-state index contributed by atoms with van der Waals surface area (Å²) in [5.41, 5.74) is 2.93. The first kappa shape index (κ1) is 13.5. The zero-order valence-corrected chi connectivity index (χ0v) is 10.9. The molecule has 0 aliphatic heterocycles. The van der Waals surface area contributed by atoms with E-state index in [1.165, 1.54) is 36.8 Å². The lowest BCUT2D eigenvalue weighted by Crippen LogP contribution is -2.41. The highest BCUT2D eigenvalue weighted by atomic mass is 16.3. The molecular weight excluding hydrogens is 196 g/mol. The van der Waals surface area contributed by atoms with Gasteiger partial charge < -0.3 is 5.11 Å². The Labute approximate surface area is 100 Å². The largest absolute Gasteiger partial charge is 0.396 e. The molecule has 16 heavy (non-hydrogen) atoms. The molecule has 0 aromatic heterocycles. The molecular formula is C15H26O. The van der Waals surface area contributed by atoms with Gasteiger partial charge in [0.05, 0.1) is 0 Å². The first-order chi connectivity index (χ1) is 7.52. The van der Waals surface area contributed by atoms with Crippen LogP contribution in [-0.4, -0.2) is 11.7 Å². The Morgan fingerprint density at radius 3 is 2.38 bits per heavy atom. The summed E-state index contributed by atoms with van der Waals surface area (Å²) in [4.78, 5) is 0. The van der Waals surface area contributed by atoms with Gasteiger partial charge in [0.25, 0.3) is 0 Å². The van der Waals surface area contributed by atoms with E-state index in [-0.39, 0.29) is 0 Å². The van der Waals surface area contributed by atoms with Crippen LogP contribution >= 0.6 is 0 Å². The van der Waals surface area contributed by atoms with Gasteiger partial charge in [0, 0.05) is 6.61 Å². The van der Waals surface area contributed by atoms with Gasteiger partial charge in [0.15, 0.2) is 0 Å². The molecule has 0 radical (unpaired) electrons. The van der Waals surface area contributed by atoms with Crippen LogP contribution in [0, 0.1) is 11.3 Å². The molecule has 1 rings (SSSR count). The topological polar surface area (TPSA) is 20.2 Å². The van der Waals surface area contributed by atoms with Gasteiger partial charge in [-0.25, -0.2) is 0 Å². The summed E-state index contributed by atoms with van der Waals surface area (Å²) in [6, 6.07) is 0. The molecule has 1 saturated carbocycles. The van der Waals surface area contributed by atoms with Gasteiger partial charge in [-0.1, -0.05) is 17.7 Å². The predicted molar refractivity (Wildman–Crippen MR) is 70.3 cm³/mol. The number of allylic oxidation sites excluding steroid dienone is 2. The lowest BCUT2D eigenvalue weighted by molar-refractivity contribution is 0.0163. The van der Waals surface area contributed by atoms with E-state index < -0.39 is 0 Å². The minimum Gasteiger partial charge on any atom is -0.396 e. The first-order valence-electron chi connectivity index (χ1n) is 6.42. The van der Waals surface area contributed by atoms with E-state index in [2.05, 4.69) is 27.0 Å². The Morgan fingerprint density at radius 2 is 2.00 bits per heavy atom. The van der Waals surface area contributed by atoms with Gasteiger partial charge in [-0.2, -0.15) is 0 Å². The molecule has 1 N–H and O–H groups in total. The fourth-order valence-electron chi connectivity index (χ4n) is 3.15. The summed E-state index contributed by atoms with van der Waals surface area (Å²) in [7, 11) is 0. The van der Waals surface area contributed by atoms with E-state index in [9.17, 15) is 5.11 Å². The van der Waals surface area contributed by atoms with Crippen LogP contribution in [0.15, 0.2) is 24.3 Å². The molecule has 1 fully saturated rings. The van der Waals surface area contributed by atoms with Crippen molar-refractivity contribution >= 4 is 0 Å². The van der Waals surface area contributed by atoms with Crippen LogP contribution in [0.1, 0.15) is 52.4 Å². The van der Waals surface area contributed by atoms with Crippen molar-refractivity contribution in [2.75, 3.05) is 6.61 Å². The van der Waals surface area contributed by atoms with Gasteiger partial charge in [-0.3, -0.25) is 0 Å². The highest BCUT2D eigenvalue weighted by Crippen LogP contribution is 2.55. The molecule has 0 unspecified atom stereocenters. The minimum atomic E-state index is 0.316. The summed E-state index contributed by atoms with van der Waals surface area (Å²) in [6.07, 6.45) is 7.03. The number of aliphatic hydroxyl groups excluding tert-OH is 1. The van der Waals surface area contributed by atoms with Gasteiger partial charge in [0.1, 0.15) is 0 Å². The highest BCUT2D eigenvalue weighted by molar-refractivity contribution is 5.11. The SMILES string of the molecule is C=C(C)CCC[C@@]1(CCO)CC[C@@H]1C(=C)C. The third kappa shape index (κ3) is 2.98. The quantitative estimate of drug-likeness (QED) is 0.643. The zero-order chi connectivity index (χ0) is 12.2. The zero-order valence-electron chi connectivity index (χ0n) is 10.9. The second-order valence-corrected chi connectivity index (χ2v) is 5.58. The van der Waals surface area contributed by atoms with Gasteiger partial charge in [-0.05, 0) is 63.7 Å². The average Bonchev–Trinajstić information content (AvgIpc) is 2.13. The lowest BCUT2D eigenvalue weighted by atomic mass is 9.54. The molecule has 1 aliphatic rings. The molecule has 1 nitrogen and oxygen atoms in total. The van der Waals surface area contributed by atoms with Gasteiger partial charge >= 0.3 is 0 Å². The van der Waals surface area contributed by atoms with Crippen LogP contribution in [0.25, 0.3) is 0 Å². The van der Waals surface area contributed by atoms with Gasteiger partial charge in [0.2, 0.25) is 0 Å². The fraction of sp³-hybridized carbons (Fsp3) is 0.733. The van der Waals surface area contributed by atoms with Crippen LogP contribution in [0.4, 0.5) is 0 Å². The van der Waals surface area contributed by atoms with Crippen molar-refractivity contribution < 1.29 is 5.11 Å².